The Bertz CT molecular complexity index is 1330. The van der Waals surface area contributed by atoms with Crippen molar-refractivity contribution in [3.8, 4) is 0 Å². The molecule has 1 aromatic carbocycles. The lowest BCUT2D eigenvalue weighted by Crippen LogP contribution is -2.28. The maximum Gasteiger partial charge on any atom is 0.275 e. The summed E-state index contributed by atoms with van der Waals surface area (Å²) >= 11 is 0. The number of aromatic nitrogens is 4. The Labute approximate surface area is 166 Å². The number of halogens is 1. The van der Waals surface area contributed by atoms with Crippen molar-refractivity contribution < 1.29 is 4.39 Å². The van der Waals surface area contributed by atoms with E-state index in [2.05, 4.69) is 32.4 Å². The first-order valence-corrected chi connectivity index (χ1v) is 9.73. The third-order valence-corrected chi connectivity index (χ3v) is 5.83. The molecule has 0 aliphatic carbocycles. The van der Waals surface area contributed by atoms with Crippen LogP contribution in [0.5, 0.6) is 0 Å². The van der Waals surface area contributed by atoms with Crippen molar-refractivity contribution in [2.45, 2.75) is 19.9 Å². The summed E-state index contributed by atoms with van der Waals surface area (Å²) < 4.78 is 17.6. The summed E-state index contributed by atoms with van der Waals surface area (Å²) in [5, 5.41) is 0. The van der Waals surface area contributed by atoms with Crippen LogP contribution in [0.15, 0.2) is 47.5 Å². The second kappa shape index (κ2) is 6.70. The van der Waals surface area contributed by atoms with Crippen molar-refractivity contribution in [3.05, 3.63) is 76.0 Å². The van der Waals surface area contributed by atoms with E-state index in [0.29, 0.717) is 5.52 Å². The molecule has 0 spiro atoms. The number of fused-ring (bicyclic) bond motifs is 3. The Kier molecular flexibility index (Phi) is 4.13. The van der Waals surface area contributed by atoms with Crippen molar-refractivity contribution in [1.82, 2.24) is 23.8 Å². The molecule has 0 radical (unpaired) electrons. The van der Waals surface area contributed by atoms with Gasteiger partial charge in [0.15, 0.2) is 5.82 Å². The summed E-state index contributed by atoms with van der Waals surface area (Å²) in [4.78, 5) is 21.9. The molecular formula is C22H22FN5O. The molecule has 0 unspecified atom stereocenters. The van der Waals surface area contributed by atoms with Crippen LogP contribution in [0.1, 0.15) is 23.5 Å². The first-order chi connectivity index (χ1) is 14.0. The Morgan fingerprint density at radius 3 is 2.86 bits per heavy atom. The lowest BCUT2D eigenvalue weighted by Gasteiger charge is -2.26. The van der Waals surface area contributed by atoms with E-state index in [1.165, 1.54) is 11.6 Å². The van der Waals surface area contributed by atoms with Crippen LogP contribution in [-0.4, -0.2) is 36.9 Å². The van der Waals surface area contributed by atoms with Gasteiger partial charge in [-0.2, -0.15) is 0 Å². The molecule has 0 saturated carbocycles. The standard InChI is InChI=1S/C22H22FN5O/c1-14-12-24-21(26(14)2)16-5-8-27(9-6-16)13-15-3-4-19-18(11-15)25-22(29)20-17(23)7-10-28(19)20/h3-5,7,10-12H,6,8-9,13H2,1-2H3,(H,25,29). The maximum atomic E-state index is 13.8. The SMILES string of the molecule is Cc1cnc(C2=CCN(Cc3ccc4c(c3)[nH]c(=O)c3c(F)ccn34)CC2)n1C. The van der Waals surface area contributed by atoms with Gasteiger partial charge in [0.2, 0.25) is 0 Å². The van der Waals surface area contributed by atoms with Gasteiger partial charge in [0, 0.05) is 44.8 Å². The van der Waals surface area contributed by atoms with Crippen LogP contribution < -0.4 is 5.56 Å². The molecule has 1 aliphatic heterocycles. The molecule has 0 fully saturated rings. The molecule has 148 valence electrons. The van der Waals surface area contributed by atoms with Gasteiger partial charge in [-0.05, 0) is 42.7 Å². The van der Waals surface area contributed by atoms with Gasteiger partial charge < -0.3 is 14.0 Å². The highest BCUT2D eigenvalue weighted by Gasteiger charge is 2.17. The van der Waals surface area contributed by atoms with Gasteiger partial charge in [-0.3, -0.25) is 9.69 Å². The molecule has 3 aromatic heterocycles. The van der Waals surface area contributed by atoms with E-state index < -0.39 is 11.4 Å². The van der Waals surface area contributed by atoms with Crippen LogP contribution in [-0.2, 0) is 13.6 Å². The Balaban J connectivity index is 1.39. The summed E-state index contributed by atoms with van der Waals surface area (Å²) in [5.74, 6) is 0.546. The average molecular weight is 391 g/mol. The molecular weight excluding hydrogens is 369 g/mol. The topological polar surface area (TPSA) is 58.3 Å². The summed E-state index contributed by atoms with van der Waals surface area (Å²) in [7, 11) is 2.05. The van der Waals surface area contributed by atoms with Crippen molar-refractivity contribution in [1.29, 1.82) is 0 Å². The molecule has 4 aromatic rings. The van der Waals surface area contributed by atoms with E-state index in [4.69, 9.17) is 0 Å². The highest BCUT2D eigenvalue weighted by molar-refractivity contribution is 5.79. The molecule has 6 nitrogen and oxygen atoms in total. The van der Waals surface area contributed by atoms with Crippen molar-refractivity contribution in [3.63, 3.8) is 0 Å². The first-order valence-electron chi connectivity index (χ1n) is 9.73. The minimum atomic E-state index is -0.504. The van der Waals surface area contributed by atoms with E-state index in [1.54, 1.807) is 10.6 Å². The normalized spacial score (nSPS) is 15.3. The van der Waals surface area contributed by atoms with Gasteiger partial charge in [0.1, 0.15) is 11.3 Å². The van der Waals surface area contributed by atoms with Crippen molar-refractivity contribution in [2.24, 2.45) is 7.05 Å². The number of aryl methyl sites for hydroxylation is 1. The van der Waals surface area contributed by atoms with Crippen LogP contribution in [0.3, 0.4) is 0 Å². The molecule has 1 aliphatic rings. The average Bonchev–Trinajstić information content (AvgIpc) is 3.26. The van der Waals surface area contributed by atoms with Gasteiger partial charge in [0.25, 0.3) is 5.56 Å². The third kappa shape index (κ3) is 2.98. The second-order valence-corrected chi connectivity index (χ2v) is 7.68. The first kappa shape index (κ1) is 17.9. The summed E-state index contributed by atoms with van der Waals surface area (Å²) in [6.45, 7) is 4.66. The Morgan fingerprint density at radius 1 is 1.28 bits per heavy atom. The fourth-order valence-corrected chi connectivity index (χ4v) is 4.11. The molecule has 5 rings (SSSR count). The molecule has 0 amide bonds. The lowest BCUT2D eigenvalue weighted by atomic mass is 10.1. The van der Waals surface area contributed by atoms with Crippen molar-refractivity contribution >= 4 is 22.1 Å². The number of nitrogens with zero attached hydrogens (tertiary/aromatic N) is 4. The zero-order valence-corrected chi connectivity index (χ0v) is 16.4. The Hall–Kier alpha value is -3.19. The minimum Gasteiger partial charge on any atom is -0.332 e. The van der Waals surface area contributed by atoms with E-state index in [9.17, 15) is 9.18 Å². The fourth-order valence-electron chi connectivity index (χ4n) is 4.11. The number of nitrogens with one attached hydrogen (secondary N) is 1. The number of hydrogen-bond acceptors (Lipinski definition) is 3. The monoisotopic (exact) mass is 391 g/mol. The van der Waals surface area contributed by atoms with Gasteiger partial charge >= 0.3 is 0 Å². The molecule has 0 bridgehead atoms. The van der Waals surface area contributed by atoms with Crippen LogP contribution in [0.2, 0.25) is 0 Å². The maximum absolute atomic E-state index is 13.8. The van der Waals surface area contributed by atoms with Gasteiger partial charge in [0.05, 0.1) is 11.0 Å². The number of imidazole rings is 1. The lowest BCUT2D eigenvalue weighted by molar-refractivity contribution is 0.293. The predicted octanol–water partition coefficient (Wildman–Crippen LogP) is 3.25. The van der Waals surface area contributed by atoms with E-state index in [0.717, 1.165) is 48.7 Å². The largest absolute Gasteiger partial charge is 0.332 e. The molecule has 0 saturated heterocycles. The summed E-state index contributed by atoms with van der Waals surface area (Å²) in [5.41, 5.74) is 4.72. The smallest absolute Gasteiger partial charge is 0.275 e. The van der Waals surface area contributed by atoms with Crippen LogP contribution in [0.25, 0.3) is 22.1 Å². The molecule has 1 N–H and O–H groups in total. The van der Waals surface area contributed by atoms with Gasteiger partial charge in [-0.15, -0.1) is 0 Å². The molecule has 4 heterocycles. The van der Waals surface area contributed by atoms with E-state index >= 15 is 0 Å². The summed E-state index contributed by atoms with van der Waals surface area (Å²) in [6.07, 6.45) is 6.71. The minimum absolute atomic E-state index is 0.0588. The van der Waals surface area contributed by atoms with Crippen LogP contribution in [0, 0.1) is 12.7 Å². The Morgan fingerprint density at radius 2 is 2.14 bits per heavy atom. The number of rotatable bonds is 3. The second-order valence-electron chi connectivity index (χ2n) is 7.68. The van der Waals surface area contributed by atoms with Gasteiger partial charge in [-0.25, -0.2) is 9.37 Å². The fraction of sp³-hybridized carbons (Fsp3) is 0.273. The van der Waals surface area contributed by atoms with Crippen LogP contribution >= 0.6 is 0 Å². The summed E-state index contributed by atoms with van der Waals surface area (Å²) in [6, 6.07) is 7.28. The van der Waals surface area contributed by atoms with E-state index in [-0.39, 0.29) is 5.52 Å². The predicted molar refractivity (Wildman–Crippen MR) is 111 cm³/mol. The van der Waals surface area contributed by atoms with E-state index in [1.807, 2.05) is 31.4 Å². The van der Waals surface area contributed by atoms with Crippen molar-refractivity contribution in [2.75, 3.05) is 13.1 Å². The molecule has 29 heavy (non-hydrogen) atoms. The third-order valence-electron chi connectivity index (χ3n) is 5.83. The number of aromatic amines is 1. The van der Waals surface area contributed by atoms with Gasteiger partial charge in [-0.1, -0.05) is 12.1 Å². The highest BCUT2D eigenvalue weighted by Crippen LogP contribution is 2.23. The highest BCUT2D eigenvalue weighted by atomic mass is 19.1. The zero-order chi connectivity index (χ0) is 20.1. The zero-order valence-electron chi connectivity index (χ0n) is 16.4. The number of hydrogen-bond donors (Lipinski definition) is 1. The number of benzene rings is 1. The molecule has 0 atom stereocenters. The quantitative estimate of drug-likeness (QED) is 0.583. The molecule has 7 heteroatoms. The number of H-pyrrole nitrogens is 1. The van der Waals surface area contributed by atoms with Crippen LogP contribution in [0.4, 0.5) is 4.39 Å².